The molecular formula is C25H33N5O5S. The number of rotatable bonds is 6. The smallest absolute Gasteiger partial charge is 0.282 e. The Morgan fingerprint density at radius 2 is 1.78 bits per heavy atom. The van der Waals surface area contributed by atoms with E-state index < -0.39 is 22.2 Å². The topological polar surface area (TPSA) is 134 Å². The summed E-state index contributed by atoms with van der Waals surface area (Å²) < 4.78 is 28.6. The van der Waals surface area contributed by atoms with Gasteiger partial charge in [-0.1, -0.05) is 24.3 Å². The van der Waals surface area contributed by atoms with E-state index in [9.17, 15) is 23.1 Å². The lowest BCUT2D eigenvalue weighted by Gasteiger charge is -2.41. The van der Waals surface area contributed by atoms with E-state index in [0.29, 0.717) is 38.8 Å². The van der Waals surface area contributed by atoms with Gasteiger partial charge in [-0.2, -0.15) is 22.3 Å². The number of hydrogen-bond donors (Lipinski definition) is 2. The van der Waals surface area contributed by atoms with E-state index in [4.69, 9.17) is 5.26 Å². The molecule has 0 unspecified atom stereocenters. The molecule has 36 heavy (non-hydrogen) atoms. The number of amides is 2. The number of piperidine rings is 1. The van der Waals surface area contributed by atoms with Gasteiger partial charge in [0.2, 0.25) is 11.8 Å². The molecular weight excluding hydrogens is 482 g/mol. The van der Waals surface area contributed by atoms with Crippen LogP contribution in [0.5, 0.6) is 0 Å². The standard InChI is InChI=1S/C25H33N5O5S/c26-12-17-13-29(14-17)36(34,35)28-9-3-5-18(15-28)25(33)30-10-4-8-23(30)24(32)27-22-11-19(16-31)20-6-1-2-7-21(20)22/h1-2,6-7,17-19,22-23,31H,3-5,8-11,13-16H2,(H,27,32)/t18-,19-,22+,23+/m0/s1. The van der Waals surface area contributed by atoms with Crippen LogP contribution in [-0.2, 0) is 19.8 Å². The Hall–Kier alpha value is -2.52. The Balaban J connectivity index is 1.23. The van der Waals surface area contributed by atoms with Gasteiger partial charge in [-0.05, 0) is 43.2 Å². The Bertz CT molecular complexity index is 1160. The second-order valence-electron chi connectivity index (χ2n) is 10.3. The maximum atomic E-state index is 13.5. The van der Waals surface area contributed by atoms with Gasteiger partial charge >= 0.3 is 0 Å². The van der Waals surface area contributed by atoms with Crippen molar-refractivity contribution in [2.24, 2.45) is 11.8 Å². The molecule has 3 heterocycles. The minimum Gasteiger partial charge on any atom is -0.396 e. The quantitative estimate of drug-likeness (QED) is 0.574. The van der Waals surface area contributed by atoms with Gasteiger partial charge in [0, 0.05) is 38.6 Å². The summed E-state index contributed by atoms with van der Waals surface area (Å²) in [7, 11) is -3.69. The van der Waals surface area contributed by atoms with Crippen molar-refractivity contribution in [3.8, 4) is 6.07 Å². The summed E-state index contributed by atoms with van der Waals surface area (Å²) in [5.41, 5.74) is 2.06. The largest absolute Gasteiger partial charge is 0.396 e. The zero-order valence-corrected chi connectivity index (χ0v) is 21.1. The van der Waals surface area contributed by atoms with Gasteiger partial charge in [-0.3, -0.25) is 9.59 Å². The molecule has 0 bridgehead atoms. The second kappa shape index (κ2) is 10.1. The molecule has 4 aliphatic rings. The molecule has 0 aromatic heterocycles. The molecule has 1 aliphatic carbocycles. The Morgan fingerprint density at radius 3 is 2.50 bits per heavy atom. The molecule has 4 atom stereocenters. The predicted molar refractivity (Wildman–Crippen MR) is 130 cm³/mol. The first-order valence-electron chi connectivity index (χ1n) is 12.8. The molecule has 3 fully saturated rings. The molecule has 0 radical (unpaired) electrons. The molecule has 10 nitrogen and oxygen atoms in total. The third-order valence-electron chi connectivity index (χ3n) is 8.12. The number of nitrogens with zero attached hydrogens (tertiary/aromatic N) is 4. The number of hydrogen-bond acceptors (Lipinski definition) is 6. The molecule has 11 heteroatoms. The molecule has 194 valence electrons. The highest BCUT2D eigenvalue weighted by Gasteiger charge is 2.44. The van der Waals surface area contributed by atoms with Crippen molar-refractivity contribution < 1.29 is 23.1 Å². The van der Waals surface area contributed by atoms with E-state index in [1.54, 1.807) is 4.90 Å². The third-order valence-corrected chi connectivity index (χ3v) is 10.1. The lowest BCUT2D eigenvalue weighted by Crippen LogP contribution is -2.57. The fourth-order valence-corrected chi connectivity index (χ4v) is 7.87. The summed E-state index contributed by atoms with van der Waals surface area (Å²) in [6, 6.07) is 9.12. The van der Waals surface area contributed by atoms with Crippen molar-refractivity contribution in [1.82, 2.24) is 18.8 Å². The first kappa shape index (κ1) is 25.1. The van der Waals surface area contributed by atoms with Crippen LogP contribution in [0.4, 0.5) is 0 Å². The van der Waals surface area contributed by atoms with Crippen LogP contribution in [0.3, 0.4) is 0 Å². The molecule has 0 saturated carbocycles. The summed E-state index contributed by atoms with van der Waals surface area (Å²) in [5.74, 6) is -1.13. The Morgan fingerprint density at radius 1 is 1.06 bits per heavy atom. The van der Waals surface area contributed by atoms with Crippen LogP contribution in [0.2, 0.25) is 0 Å². The van der Waals surface area contributed by atoms with E-state index in [1.807, 2.05) is 24.3 Å². The van der Waals surface area contributed by atoms with Crippen molar-refractivity contribution in [3.63, 3.8) is 0 Å². The summed E-state index contributed by atoms with van der Waals surface area (Å²) >= 11 is 0. The fraction of sp³-hybridized carbons (Fsp3) is 0.640. The first-order valence-corrected chi connectivity index (χ1v) is 14.2. The molecule has 5 rings (SSSR count). The van der Waals surface area contributed by atoms with Crippen molar-refractivity contribution in [2.75, 3.05) is 39.3 Å². The van der Waals surface area contributed by atoms with E-state index in [1.165, 1.54) is 8.61 Å². The van der Waals surface area contributed by atoms with Gasteiger partial charge in [0.1, 0.15) is 6.04 Å². The third kappa shape index (κ3) is 4.52. The van der Waals surface area contributed by atoms with Gasteiger partial charge in [-0.25, -0.2) is 0 Å². The number of likely N-dealkylation sites (tertiary alicyclic amines) is 1. The van der Waals surface area contributed by atoms with Crippen LogP contribution >= 0.6 is 0 Å². The molecule has 3 aliphatic heterocycles. The molecule has 2 amide bonds. The van der Waals surface area contributed by atoms with Crippen molar-refractivity contribution in [3.05, 3.63) is 35.4 Å². The number of aliphatic hydroxyl groups excluding tert-OH is 1. The number of benzene rings is 1. The van der Waals surface area contributed by atoms with Crippen LogP contribution < -0.4 is 5.32 Å². The lowest BCUT2D eigenvalue weighted by molar-refractivity contribution is -0.142. The highest BCUT2D eigenvalue weighted by atomic mass is 32.2. The van der Waals surface area contributed by atoms with E-state index in [0.717, 1.165) is 17.5 Å². The maximum Gasteiger partial charge on any atom is 0.282 e. The maximum absolute atomic E-state index is 13.5. The summed E-state index contributed by atoms with van der Waals surface area (Å²) in [4.78, 5) is 28.5. The molecule has 2 N–H and O–H groups in total. The van der Waals surface area contributed by atoms with Gasteiger partial charge in [-0.15, -0.1) is 0 Å². The monoisotopic (exact) mass is 515 g/mol. The normalized spacial score (nSPS) is 29.4. The average molecular weight is 516 g/mol. The van der Waals surface area contributed by atoms with Gasteiger partial charge in [0.05, 0.1) is 30.6 Å². The van der Waals surface area contributed by atoms with Gasteiger partial charge in [0.15, 0.2) is 0 Å². The van der Waals surface area contributed by atoms with Crippen LogP contribution in [0.15, 0.2) is 24.3 Å². The number of aliphatic hydroxyl groups is 1. The molecule has 1 aromatic rings. The summed E-state index contributed by atoms with van der Waals surface area (Å²) in [5, 5.41) is 21.9. The second-order valence-corrected chi connectivity index (χ2v) is 12.3. The predicted octanol–water partition coefficient (Wildman–Crippen LogP) is 0.727. The first-order chi connectivity index (χ1) is 17.3. The highest BCUT2D eigenvalue weighted by Crippen LogP contribution is 2.40. The van der Waals surface area contributed by atoms with Gasteiger partial charge in [0.25, 0.3) is 10.2 Å². The zero-order valence-electron chi connectivity index (χ0n) is 20.3. The van der Waals surface area contributed by atoms with Crippen LogP contribution in [0.1, 0.15) is 55.2 Å². The number of fused-ring (bicyclic) bond motifs is 1. The van der Waals surface area contributed by atoms with E-state index in [2.05, 4.69) is 11.4 Å². The minimum absolute atomic E-state index is 0.0159. The number of nitrogens with one attached hydrogen (secondary N) is 1. The average Bonchev–Trinajstić information content (AvgIpc) is 3.48. The van der Waals surface area contributed by atoms with Crippen molar-refractivity contribution in [2.45, 2.75) is 50.1 Å². The number of carbonyl (C=O) groups excluding carboxylic acids is 2. The fourth-order valence-electron chi connectivity index (χ4n) is 6.08. The van der Waals surface area contributed by atoms with E-state index >= 15 is 0 Å². The SMILES string of the molecule is N#CC1CN(S(=O)(=O)N2CCC[C@H](C(=O)N3CCC[C@@H]3C(=O)N[C@@H]3C[C@@H](CO)c4ccccc43)C2)C1. The Labute approximate surface area is 212 Å². The minimum atomic E-state index is -3.69. The zero-order chi connectivity index (χ0) is 25.4. The summed E-state index contributed by atoms with van der Waals surface area (Å²) in [6.45, 7) is 1.36. The highest BCUT2D eigenvalue weighted by molar-refractivity contribution is 7.86. The van der Waals surface area contributed by atoms with Crippen LogP contribution in [0.25, 0.3) is 0 Å². The summed E-state index contributed by atoms with van der Waals surface area (Å²) in [6.07, 6.45) is 3.10. The van der Waals surface area contributed by atoms with Crippen LogP contribution in [0, 0.1) is 23.2 Å². The molecule has 3 saturated heterocycles. The number of nitriles is 1. The van der Waals surface area contributed by atoms with E-state index in [-0.39, 0.29) is 55.9 Å². The van der Waals surface area contributed by atoms with Gasteiger partial charge < -0.3 is 15.3 Å². The van der Waals surface area contributed by atoms with Crippen molar-refractivity contribution >= 4 is 22.0 Å². The van der Waals surface area contributed by atoms with Crippen LogP contribution in [-0.4, -0.2) is 84.2 Å². The Kier molecular flexibility index (Phi) is 7.05. The van der Waals surface area contributed by atoms with Crippen molar-refractivity contribution in [1.29, 1.82) is 5.26 Å². The lowest BCUT2D eigenvalue weighted by atomic mass is 9.97. The molecule has 0 spiro atoms. The molecule has 1 aromatic carbocycles. The number of carbonyl (C=O) groups is 2.